The highest BCUT2D eigenvalue weighted by atomic mass is 16.4. The zero-order chi connectivity index (χ0) is 15.1. The normalized spacial score (nSPS) is 24.8. The maximum atomic E-state index is 12.5. The number of hydrogen-bond acceptors (Lipinski definition) is 3. The van der Waals surface area contributed by atoms with Gasteiger partial charge in [0.05, 0.1) is 17.9 Å². The predicted molar refractivity (Wildman–Crippen MR) is 73.8 cm³/mol. The largest absolute Gasteiger partial charge is 0.481 e. The summed E-state index contributed by atoms with van der Waals surface area (Å²) in [4.78, 5) is 29.3. The minimum Gasteiger partial charge on any atom is -0.481 e. The Bertz CT molecular complexity index is 527. The summed E-state index contributed by atoms with van der Waals surface area (Å²) in [6.07, 6.45) is 3.41. The molecule has 0 aliphatic heterocycles. The third kappa shape index (κ3) is 2.28. The van der Waals surface area contributed by atoms with Gasteiger partial charge in [-0.3, -0.25) is 14.6 Å². The molecule has 5 heteroatoms. The van der Waals surface area contributed by atoms with Gasteiger partial charge in [-0.05, 0) is 24.0 Å². The lowest BCUT2D eigenvalue weighted by molar-refractivity contribution is -0.142. The lowest BCUT2D eigenvalue weighted by atomic mass is 10.1. The molecule has 3 atom stereocenters. The van der Waals surface area contributed by atoms with Crippen LogP contribution in [0.1, 0.15) is 32.4 Å². The van der Waals surface area contributed by atoms with E-state index in [2.05, 4.69) is 4.98 Å². The zero-order valence-corrected chi connectivity index (χ0v) is 12.2. The fourth-order valence-corrected chi connectivity index (χ4v) is 2.82. The van der Waals surface area contributed by atoms with Crippen molar-refractivity contribution in [2.24, 2.45) is 17.3 Å². The molecule has 0 saturated heterocycles. The van der Waals surface area contributed by atoms with Crippen molar-refractivity contribution in [1.29, 1.82) is 0 Å². The molecule has 1 N–H and O–H groups in total. The highest BCUT2D eigenvalue weighted by molar-refractivity contribution is 5.91. The number of carboxylic acid groups (broad SMARTS) is 1. The van der Waals surface area contributed by atoms with Crippen molar-refractivity contribution in [3.8, 4) is 0 Å². The molecule has 0 radical (unpaired) electrons. The van der Waals surface area contributed by atoms with Gasteiger partial charge in [0, 0.05) is 19.4 Å². The van der Waals surface area contributed by atoms with Gasteiger partial charge in [0.2, 0.25) is 5.91 Å². The Hall–Kier alpha value is -1.91. The number of carboxylic acids is 1. The number of carbonyl (C=O) groups is 2. The highest BCUT2D eigenvalue weighted by Crippen LogP contribution is 2.59. The number of nitrogens with zero attached hydrogens (tertiary/aromatic N) is 2. The van der Waals surface area contributed by atoms with E-state index in [-0.39, 0.29) is 11.9 Å². The monoisotopic (exact) mass is 276 g/mol. The summed E-state index contributed by atoms with van der Waals surface area (Å²) in [7, 11) is 1.72. The SMILES string of the molecule is CC(c1cccnc1)N(C)C(=O)[C@@H]1[C@H](C(=O)O)C1(C)C. The number of aliphatic carboxylic acids is 1. The Morgan fingerprint density at radius 1 is 1.40 bits per heavy atom. The number of carbonyl (C=O) groups excluding carboxylic acids is 1. The first kappa shape index (κ1) is 14.5. The van der Waals surface area contributed by atoms with Crippen LogP contribution in [0.25, 0.3) is 0 Å². The standard InChI is InChI=1S/C15H20N2O3/c1-9(10-6-5-7-16-8-10)17(4)13(18)11-12(14(19)20)15(11,2)3/h5-9,11-12H,1-4H3,(H,19,20)/t9?,11-,12+/m0/s1. The van der Waals surface area contributed by atoms with Crippen molar-refractivity contribution in [2.45, 2.75) is 26.8 Å². The van der Waals surface area contributed by atoms with E-state index in [1.807, 2.05) is 32.9 Å². The first-order valence-corrected chi connectivity index (χ1v) is 6.68. The van der Waals surface area contributed by atoms with E-state index in [1.54, 1.807) is 24.3 Å². The first-order valence-electron chi connectivity index (χ1n) is 6.68. The molecule has 1 unspecified atom stereocenters. The van der Waals surface area contributed by atoms with E-state index in [0.29, 0.717) is 0 Å². The third-order valence-electron chi connectivity index (χ3n) is 4.45. The van der Waals surface area contributed by atoms with Crippen LogP contribution in [0, 0.1) is 17.3 Å². The molecule has 1 aliphatic carbocycles. The number of rotatable bonds is 4. The second kappa shape index (κ2) is 4.89. The number of hydrogen-bond donors (Lipinski definition) is 1. The Morgan fingerprint density at radius 3 is 2.50 bits per heavy atom. The molecule has 1 saturated carbocycles. The molecule has 0 bridgehead atoms. The summed E-state index contributed by atoms with van der Waals surface area (Å²) in [6, 6.07) is 3.61. The maximum Gasteiger partial charge on any atom is 0.307 e. The molecule has 1 aromatic rings. The van der Waals surface area contributed by atoms with Crippen LogP contribution >= 0.6 is 0 Å². The van der Waals surface area contributed by atoms with Crippen LogP contribution in [0.5, 0.6) is 0 Å². The minimum absolute atomic E-state index is 0.112. The van der Waals surface area contributed by atoms with Crippen LogP contribution in [0.3, 0.4) is 0 Å². The quantitative estimate of drug-likeness (QED) is 0.912. The van der Waals surface area contributed by atoms with Crippen LogP contribution in [0.15, 0.2) is 24.5 Å². The van der Waals surface area contributed by atoms with Crippen molar-refractivity contribution in [1.82, 2.24) is 9.88 Å². The van der Waals surface area contributed by atoms with Gasteiger partial charge < -0.3 is 10.0 Å². The van der Waals surface area contributed by atoms with E-state index in [0.717, 1.165) is 5.56 Å². The molecule has 20 heavy (non-hydrogen) atoms. The maximum absolute atomic E-state index is 12.5. The fourth-order valence-electron chi connectivity index (χ4n) is 2.82. The van der Waals surface area contributed by atoms with Gasteiger partial charge in [0.15, 0.2) is 0 Å². The van der Waals surface area contributed by atoms with E-state index in [4.69, 9.17) is 5.11 Å². The van der Waals surface area contributed by atoms with Crippen LogP contribution in [0.4, 0.5) is 0 Å². The van der Waals surface area contributed by atoms with E-state index >= 15 is 0 Å². The summed E-state index contributed by atoms with van der Waals surface area (Å²) in [5.41, 5.74) is 0.472. The summed E-state index contributed by atoms with van der Waals surface area (Å²) in [5.74, 6) is -2.03. The third-order valence-corrected chi connectivity index (χ3v) is 4.45. The second-order valence-electron chi connectivity index (χ2n) is 6.03. The Morgan fingerprint density at radius 2 is 2.05 bits per heavy atom. The smallest absolute Gasteiger partial charge is 0.307 e. The molecular weight excluding hydrogens is 256 g/mol. The van der Waals surface area contributed by atoms with Crippen LogP contribution in [0.2, 0.25) is 0 Å². The Balaban J connectivity index is 2.13. The van der Waals surface area contributed by atoms with Gasteiger partial charge in [-0.1, -0.05) is 19.9 Å². The topological polar surface area (TPSA) is 70.5 Å². The Kier molecular flexibility index (Phi) is 3.54. The average Bonchev–Trinajstić information content (AvgIpc) is 3.00. The van der Waals surface area contributed by atoms with E-state index in [1.165, 1.54) is 0 Å². The van der Waals surface area contributed by atoms with Gasteiger partial charge in [-0.25, -0.2) is 0 Å². The van der Waals surface area contributed by atoms with Gasteiger partial charge in [-0.15, -0.1) is 0 Å². The number of amides is 1. The summed E-state index contributed by atoms with van der Waals surface area (Å²) in [5, 5.41) is 9.16. The Labute approximate surface area is 118 Å². The molecule has 5 nitrogen and oxygen atoms in total. The molecule has 0 aromatic carbocycles. The van der Waals surface area contributed by atoms with Crippen molar-refractivity contribution < 1.29 is 14.7 Å². The lowest BCUT2D eigenvalue weighted by Gasteiger charge is -2.25. The van der Waals surface area contributed by atoms with Crippen LogP contribution < -0.4 is 0 Å². The van der Waals surface area contributed by atoms with Gasteiger partial charge in [0.1, 0.15) is 0 Å². The van der Waals surface area contributed by atoms with E-state index in [9.17, 15) is 9.59 Å². The summed E-state index contributed by atoms with van der Waals surface area (Å²) >= 11 is 0. The van der Waals surface area contributed by atoms with E-state index < -0.39 is 23.2 Å². The van der Waals surface area contributed by atoms with Crippen molar-refractivity contribution in [3.63, 3.8) is 0 Å². The van der Waals surface area contributed by atoms with Crippen molar-refractivity contribution in [2.75, 3.05) is 7.05 Å². The summed E-state index contributed by atoms with van der Waals surface area (Å²) < 4.78 is 0. The average molecular weight is 276 g/mol. The molecule has 1 heterocycles. The summed E-state index contributed by atoms with van der Waals surface area (Å²) in [6.45, 7) is 5.58. The fraction of sp³-hybridized carbons (Fsp3) is 0.533. The second-order valence-corrected chi connectivity index (χ2v) is 6.03. The molecule has 108 valence electrons. The molecule has 0 spiro atoms. The zero-order valence-electron chi connectivity index (χ0n) is 12.2. The van der Waals surface area contributed by atoms with Crippen molar-refractivity contribution >= 4 is 11.9 Å². The number of aromatic nitrogens is 1. The number of pyridine rings is 1. The van der Waals surface area contributed by atoms with Gasteiger partial charge in [0.25, 0.3) is 0 Å². The molecule has 1 aromatic heterocycles. The lowest BCUT2D eigenvalue weighted by Crippen LogP contribution is -2.32. The molecule has 2 rings (SSSR count). The van der Waals surface area contributed by atoms with Gasteiger partial charge in [-0.2, -0.15) is 0 Å². The van der Waals surface area contributed by atoms with Gasteiger partial charge >= 0.3 is 5.97 Å². The predicted octanol–water partition coefficient (Wildman–Crippen LogP) is 1.96. The minimum atomic E-state index is -0.893. The highest BCUT2D eigenvalue weighted by Gasteiger charge is 2.66. The molecule has 1 aliphatic rings. The molecule has 1 fully saturated rings. The van der Waals surface area contributed by atoms with Crippen molar-refractivity contribution in [3.05, 3.63) is 30.1 Å². The van der Waals surface area contributed by atoms with Crippen LogP contribution in [-0.4, -0.2) is 33.9 Å². The molecule has 1 amide bonds. The first-order chi connectivity index (χ1) is 9.28. The van der Waals surface area contributed by atoms with Crippen LogP contribution in [-0.2, 0) is 9.59 Å². The molecular formula is C15H20N2O3.